The molecule has 6 heteroatoms. The van der Waals surface area contributed by atoms with E-state index in [4.69, 9.17) is 9.47 Å². The third kappa shape index (κ3) is 5.25. The molecule has 3 rings (SSSR count). The zero-order valence-electron chi connectivity index (χ0n) is 16.1. The smallest absolute Gasteiger partial charge is 0.255 e. The molecule has 1 unspecified atom stereocenters. The van der Waals surface area contributed by atoms with Gasteiger partial charge in [0.1, 0.15) is 18.1 Å². The van der Waals surface area contributed by atoms with Crippen LogP contribution < -0.4 is 14.8 Å². The normalized spacial score (nSPS) is 22.9. The van der Waals surface area contributed by atoms with Crippen molar-refractivity contribution in [3.8, 4) is 11.5 Å². The van der Waals surface area contributed by atoms with Crippen molar-refractivity contribution in [2.45, 2.75) is 26.2 Å². The summed E-state index contributed by atoms with van der Waals surface area (Å²) in [5, 5.41) is 2.92. The van der Waals surface area contributed by atoms with Gasteiger partial charge in [-0.05, 0) is 37.3 Å². The standard InChI is InChI=1S/C21H28N2O4/c1-15-5-3-4-12-27-19-13-17(26-2)8-9-18(19)20(24)22-10-11-23(21(15)25)14-16-6-7-16/h3-4,8-9,13,15-16H,5-7,10-12,14H2,1-2H3,(H,22,24)/b4-3-. The van der Waals surface area contributed by atoms with E-state index in [-0.39, 0.29) is 17.7 Å². The molecule has 2 aliphatic rings. The molecule has 1 aromatic rings. The fourth-order valence-corrected chi connectivity index (χ4v) is 3.16. The van der Waals surface area contributed by atoms with Gasteiger partial charge in [-0.2, -0.15) is 0 Å². The number of methoxy groups -OCH3 is 1. The Balaban J connectivity index is 1.77. The van der Waals surface area contributed by atoms with Gasteiger partial charge in [0.25, 0.3) is 5.91 Å². The number of benzene rings is 1. The van der Waals surface area contributed by atoms with Crippen LogP contribution in [0.3, 0.4) is 0 Å². The average Bonchev–Trinajstić information content (AvgIpc) is 3.49. The third-order valence-electron chi connectivity index (χ3n) is 5.00. The van der Waals surface area contributed by atoms with Gasteiger partial charge in [0.15, 0.2) is 0 Å². The van der Waals surface area contributed by atoms with Crippen molar-refractivity contribution < 1.29 is 19.1 Å². The molecule has 1 fully saturated rings. The quantitative estimate of drug-likeness (QED) is 0.829. The van der Waals surface area contributed by atoms with Gasteiger partial charge in [0, 0.05) is 31.6 Å². The second-order valence-corrected chi connectivity index (χ2v) is 7.26. The van der Waals surface area contributed by atoms with Crippen LogP contribution in [0.5, 0.6) is 11.5 Å². The number of nitrogens with one attached hydrogen (secondary N) is 1. The van der Waals surface area contributed by atoms with E-state index in [1.54, 1.807) is 25.3 Å². The first-order valence-corrected chi connectivity index (χ1v) is 9.61. The fraction of sp³-hybridized carbons (Fsp3) is 0.524. The van der Waals surface area contributed by atoms with Gasteiger partial charge in [0.2, 0.25) is 5.91 Å². The number of fused-ring (bicyclic) bond motifs is 1. The van der Waals surface area contributed by atoms with Crippen LogP contribution >= 0.6 is 0 Å². The van der Waals surface area contributed by atoms with Crippen molar-refractivity contribution >= 4 is 11.8 Å². The molecule has 1 aliphatic carbocycles. The minimum Gasteiger partial charge on any atom is -0.497 e. The largest absolute Gasteiger partial charge is 0.497 e. The average molecular weight is 372 g/mol. The van der Waals surface area contributed by atoms with Gasteiger partial charge < -0.3 is 19.7 Å². The van der Waals surface area contributed by atoms with Crippen molar-refractivity contribution in [3.63, 3.8) is 0 Å². The molecular formula is C21H28N2O4. The maximum atomic E-state index is 12.8. The molecule has 27 heavy (non-hydrogen) atoms. The number of carbonyl (C=O) groups is 2. The Hall–Kier alpha value is -2.50. The van der Waals surface area contributed by atoms with E-state index in [9.17, 15) is 9.59 Å². The van der Waals surface area contributed by atoms with Crippen LogP contribution in [0.25, 0.3) is 0 Å². The summed E-state index contributed by atoms with van der Waals surface area (Å²) >= 11 is 0. The SMILES string of the molecule is COc1ccc2c(c1)OC/C=C\CC(C)C(=O)N(CC1CC1)CCNC2=O. The van der Waals surface area contributed by atoms with Gasteiger partial charge in [-0.1, -0.05) is 19.1 Å². The van der Waals surface area contributed by atoms with Crippen molar-refractivity contribution in [2.75, 3.05) is 33.4 Å². The molecule has 6 nitrogen and oxygen atoms in total. The number of carbonyl (C=O) groups excluding carboxylic acids is 2. The van der Waals surface area contributed by atoms with E-state index in [1.807, 2.05) is 24.0 Å². The Labute approximate surface area is 160 Å². The van der Waals surface area contributed by atoms with Crippen LogP contribution in [-0.4, -0.2) is 50.1 Å². The lowest BCUT2D eigenvalue weighted by Gasteiger charge is -2.26. The summed E-state index contributed by atoms with van der Waals surface area (Å²) < 4.78 is 11.0. The van der Waals surface area contributed by atoms with Crippen LogP contribution in [0.2, 0.25) is 0 Å². The van der Waals surface area contributed by atoms with Crippen LogP contribution in [0.1, 0.15) is 36.5 Å². The molecule has 2 amide bonds. The van der Waals surface area contributed by atoms with Crippen LogP contribution in [0, 0.1) is 11.8 Å². The van der Waals surface area contributed by atoms with E-state index in [2.05, 4.69) is 5.32 Å². The molecule has 0 aromatic heterocycles. The lowest BCUT2D eigenvalue weighted by molar-refractivity contribution is -0.135. The maximum Gasteiger partial charge on any atom is 0.255 e. The zero-order valence-corrected chi connectivity index (χ0v) is 16.1. The number of rotatable bonds is 3. The van der Waals surface area contributed by atoms with Crippen molar-refractivity contribution in [2.24, 2.45) is 11.8 Å². The third-order valence-corrected chi connectivity index (χ3v) is 5.00. The first-order valence-electron chi connectivity index (χ1n) is 9.61. The van der Waals surface area contributed by atoms with E-state index in [0.29, 0.717) is 49.1 Å². The summed E-state index contributed by atoms with van der Waals surface area (Å²) in [5.41, 5.74) is 0.467. The zero-order chi connectivity index (χ0) is 19.2. The molecule has 1 heterocycles. The van der Waals surface area contributed by atoms with Crippen molar-refractivity contribution in [1.82, 2.24) is 10.2 Å². The second-order valence-electron chi connectivity index (χ2n) is 7.26. The number of ether oxygens (including phenoxy) is 2. The monoisotopic (exact) mass is 372 g/mol. The topological polar surface area (TPSA) is 67.9 Å². The number of allylic oxidation sites excluding steroid dienone is 1. The number of hydrogen-bond donors (Lipinski definition) is 1. The molecule has 0 radical (unpaired) electrons. The number of amides is 2. The van der Waals surface area contributed by atoms with E-state index < -0.39 is 0 Å². The Morgan fingerprint density at radius 2 is 2.07 bits per heavy atom. The van der Waals surface area contributed by atoms with Crippen molar-refractivity contribution in [3.05, 3.63) is 35.9 Å². The van der Waals surface area contributed by atoms with Crippen LogP contribution in [0.4, 0.5) is 0 Å². The second kappa shape index (κ2) is 8.93. The van der Waals surface area contributed by atoms with E-state index in [0.717, 1.165) is 6.54 Å². The molecular weight excluding hydrogens is 344 g/mol. The van der Waals surface area contributed by atoms with Crippen LogP contribution in [0.15, 0.2) is 30.4 Å². The highest BCUT2D eigenvalue weighted by atomic mass is 16.5. The predicted octanol–water partition coefficient (Wildman–Crippen LogP) is 2.64. The van der Waals surface area contributed by atoms with Gasteiger partial charge >= 0.3 is 0 Å². The minimum absolute atomic E-state index is 0.0778. The lowest BCUT2D eigenvalue weighted by atomic mass is 10.1. The van der Waals surface area contributed by atoms with Gasteiger partial charge in [-0.25, -0.2) is 0 Å². The maximum absolute atomic E-state index is 12.8. The number of hydrogen-bond acceptors (Lipinski definition) is 4. The molecule has 146 valence electrons. The number of nitrogens with zero attached hydrogens (tertiary/aromatic N) is 1. The fourth-order valence-electron chi connectivity index (χ4n) is 3.16. The molecule has 0 bridgehead atoms. The molecule has 1 N–H and O–H groups in total. The predicted molar refractivity (Wildman–Crippen MR) is 103 cm³/mol. The van der Waals surface area contributed by atoms with Crippen LogP contribution in [-0.2, 0) is 4.79 Å². The van der Waals surface area contributed by atoms with Gasteiger partial charge in [-0.15, -0.1) is 0 Å². The highest BCUT2D eigenvalue weighted by Crippen LogP contribution is 2.30. The molecule has 0 saturated heterocycles. The summed E-state index contributed by atoms with van der Waals surface area (Å²) in [7, 11) is 1.58. The minimum atomic E-state index is -0.208. The Morgan fingerprint density at radius 3 is 2.81 bits per heavy atom. The van der Waals surface area contributed by atoms with E-state index in [1.165, 1.54) is 12.8 Å². The Bertz CT molecular complexity index is 712. The summed E-state index contributed by atoms with van der Waals surface area (Å²) in [6, 6.07) is 5.17. The van der Waals surface area contributed by atoms with Gasteiger partial charge in [0.05, 0.1) is 12.7 Å². The summed E-state index contributed by atoms with van der Waals surface area (Å²) in [6.07, 6.45) is 6.93. The van der Waals surface area contributed by atoms with Gasteiger partial charge in [-0.3, -0.25) is 9.59 Å². The molecule has 0 spiro atoms. The summed E-state index contributed by atoms with van der Waals surface area (Å²) in [5.74, 6) is 1.62. The molecule has 1 saturated carbocycles. The molecule has 1 aromatic carbocycles. The summed E-state index contributed by atoms with van der Waals surface area (Å²) in [6.45, 7) is 4.03. The Kier molecular flexibility index (Phi) is 6.37. The first-order chi connectivity index (χ1) is 13.1. The highest BCUT2D eigenvalue weighted by molar-refractivity contribution is 5.97. The lowest BCUT2D eigenvalue weighted by Crippen LogP contribution is -2.42. The van der Waals surface area contributed by atoms with E-state index >= 15 is 0 Å². The molecule has 1 aliphatic heterocycles. The Morgan fingerprint density at radius 1 is 1.26 bits per heavy atom. The van der Waals surface area contributed by atoms with Crippen molar-refractivity contribution in [1.29, 1.82) is 0 Å². The molecule has 1 atom stereocenters. The highest BCUT2D eigenvalue weighted by Gasteiger charge is 2.28. The first kappa shape index (κ1) is 19.3. The summed E-state index contributed by atoms with van der Waals surface area (Å²) in [4.78, 5) is 27.3.